The molecule has 0 heterocycles. The molecule has 1 rings (SSSR count). The van der Waals surface area contributed by atoms with Gasteiger partial charge in [0.05, 0.1) is 18.4 Å². The van der Waals surface area contributed by atoms with Crippen LogP contribution in [0.2, 0.25) is 0 Å². The Hall–Kier alpha value is -0.590. The Balaban J connectivity index is 3.13. The van der Waals surface area contributed by atoms with E-state index in [4.69, 9.17) is 10.7 Å². The van der Waals surface area contributed by atoms with Crippen LogP contribution in [0.3, 0.4) is 0 Å². The third kappa shape index (κ3) is 4.11. The molecule has 0 bridgehead atoms. The molecule has 4 nitrogen and oxygen atoms in total. The maximum atomic E-state index is 11.3. The van der Waals surface area contributed by atoms with E-state index < -0.39 is 15.0 Å². The minimum atomic E-state index is -3.64. The van der Waals surface area contributed by atoms with E-state index in [2.05, 4.69) is 20.7 Å². The molecule has 7 heteroatoms. The number of carbonyl (C=O) groups excluding carboxylic acids is 1. The first-order chi connectivity index (χ1) is 7.31. The summed E-state index contributed by atoms with van der Waals surface area (Å²) in [5, 5.41) is 0. The largest absolute Gasteiger partial charge is 0.465 e. The van der Waals surface area contributed by atoms with Gasteiger partial charge in [-0.1, -0.05) is 15.9 Å². The fourth-order valence-electron chi connectivity index (χ4n) is 1.17. The molecule has 0 fully saturated rings. The molecule has 0 aliphatic heterocycles. The molecule has 0 saturated carbocycles. The highest BCUT2D eigenvalue weighted by Crippen LogP contribution is 2.19. The zero-order valence-electron chi connectivity index (χ0n) is 8.24. The van der Waals surface area contributed by atoms with Crippen molar-refractivity contribution < 1.29 is 17.9 Å². The van der Waals surface area contributed by atoms with E-state index in [1.54, 1.807) is 6.07 Å². The van der Waals surface area contributed by atoms with Crippen molar-refractivity contribution in [3.05, 3.63) is 33.8 Å². The topological polar surface area (TPSA) is 60.4 Å². The van der Waals surface area contributed by atoms with Crippen LogP contribution in [-0.4, -0.2) is 21.5 Å². The van der Waals surface area contributed by atoms with Crippen LogP contribution in [0.25, 0.3) is 0 Å². The number of rotatable bonds is 3. The summed E-state index contributed by atoms with van der Waals surface area (Å²) in [7, 11) is 2.73. The van der Waals surface area contributed by atoms with Crippen LogP contribution < -0.4 is 0 Å². The molecule has 0 radical (unpaired) electrons. The zero-order chi connectivity index (χ0) is 12.3. The summed E-state index contributed by atoms with van der Waals surface area (Å²) in [6.45, 7) is 0. The molecule has 0 N–H and O–H groups in total. The maximum absolute atomic E-state index is 11.3. The van der Waals surface area contributed by atoms with Crippen molar-refractivity contribution in [1.29, 1.82) is 0 Å². The predicted octanol–water partition coefficient (Wildman–Crippen LogP) is 2.30. The van der Waals surface area contributed by atoms with Gasteiger partial charge in [-0.05, 0) is 23.8 Å². The number of ether oxygens (including phenoxy) is 1. The maximum Gasteiger partial charge on any atom is 0.337 e. The van der Waals surface area contributed by atoms with Crippen molar-refractivity contribution in [1.82, 2.24) is 0 Å². The van der Waals surface area contributed by atoms with Crippen LogP contribution in [0.5, 0.6) is 0 Å². The summed E-state index contributed by atoms with van der Waals surface area (Å²) >= 11 is 3.17. The summed E-state index contributed by atoms with van der Waals surface area (Å²) in [4.78, 5) is 11.3. The highest BCUT2D eigenvalue weighted by molar-refractivity contribution is 9.10. The van der Waals surface area contributed by atoms with Crippen molar-refractivity contribution in [2.45, 2.75) is 5.75 Å². The van der Waals surface area contributed by atoms with Crippen molar-refractivity contribution in [2.75, 3.05) is 7.11 Å². The molecule has 1 aromatic carbocycles. The number of methoxy groups -OCH3 is 1. The minimum Gasteiger partial charge on any atom is -0.465 e. The Morgan fingerprint density at radius 1 is 1.44 bits per heavy atom. The zero-order valence-corrected chi connectivity index (χ0v) is 11.4. The molecule has 0 saturated heterocycles. The number of esters is 1. The summed E-state index contributed by atoms with van der Waals surface area (Å²) in [6.07, 6.45) is 0. The summed E-state index contributed by atoms with van der Waals surface area (Å²) in [5.41, 5.74) is 0.692. The first-order valence-corrected chi connectivity index (χ1v) is 7.39. The molecule has 16 heavy (non-hydrogen) atoms. The molecule has 0 amide bonds. The smallest absolute Gasteiger partial charge is 0.337 e. The lowest BCUT2D eigenvalue weighted by Gasteiger charge is -2.04. The highest BCUT2D eigenvalue weighted by Gasteiger charge is 2.12. The number of hydrogen-bond donors (Lipinski definition) is 0. The normalized spacial score (nSPS) is 11.2. The van der Waals surface area contributed by atoms with Crippen LogP contribution in [-0.2, 0) is 19.5 Å². The van der Waals surface area contributed by atoms with Crippen LogP contribution in [0.1, 0.15) is 15.9 Å². The average Bonchev–Trinajstić information content (AvgIpc) is 2.12. The number of carbonyl (C=O) groups is 1. The van der Waals surface area contributed by atoms with Crippen molar-refractivity contribution in [2.24, 2.45) is 0 Å². The van der Waals surface area contributed by atoms with Gasteiger partial charge in [0.1, 0.15) is 0 Å². The first kappa shape index (κ1) is 13.5. The van der Waals surface area contributed by atoms with E-state index in [0.29, 0.717) is 10.0 Å². The van der Waals surface area contributed by atoms with Crippen molar-refractivity contribution in [3.8, 4) is 0 Å². The fraction of sp³-hybridized carbons (Fsp3) is 0.222. The van der Waals surface area contributed by atoms with Gasteiger partial charge in [0.25, 0.3) is 0 Å². The lowest BCUT2D eigenvalue weighted by molar-refractivity contribution is 0.0600. The van der Waals surface area contributed by atoms with E-state index in [-0.39, 0.29) is 11.3 Å². The quantitative estimate of drug-likeness (QED) is 0.631. The van der Waals surface area contributed by atoms with Gasteiger partial charge in [-0.15, -0.1) is 0 Å². The Morgan fingerprint density at radius 2 is 2.06 bits per heavy atom. The SMILES string of the molecule is COC(=O)c1cc(Br)cc(CS(=O)(=O)Cl)c1. The lowest BCUT2D eigenvalue weighted by atomic mass is 10.1. The fourth-order valence-corrected chi connectivity index (χ4v) is 2.65. The standard InChI is InChI=1S/C9H8BrClO4S/c1-15-9(12)7-2-6(3-8(10)4-7)5-16(11,13)14/h2-4H,5H2,1H3. The van der Waals surface area contributed by atoms with Crippen LogP contribution >= 0.6 is 26.6 Å². The van der Waals surface area contributed by atoms with E-state index in [1.807, 2.05) is 0 Å². The second-order valence-corrected chi connectivity index (χ2v) is 6.72. The van der Waals surface area contributed by atoms with Gasteiger partial charge >= 0.3 is 5.97 Å². The van der Waals surface area contributed by atoms with E-state index >= 15 is 0 Å². The number of hydrogen-bond acceptors (Lipinski definition) is 4. The van der Waals surface area contributed by atoms with Gasteiger partial charge in [-0.2, -0.15) is 0 Å². The molecule has 1 aromatic rings. The molecule has 0 aliphatic rings. The van der Waals surface area contributed by atoms with E-state index in [1.165, 1.54) is 19.2 Å². The Bertz CT molecular complexity index is 512. The monoisotopic (exact) mass is 326 g/mol. The second kappa shape index (κ2) is 5.16. The molecular formula is C9H8BrClO4S. The Kier molecular flexibility index (Phi) is 4.35. The van der Waals surface area contributed by atoms with Crippen LogP contribution in [0, 0.1) is 0 Å². The number of halogens is 2. The summed E-state index contributed by atoms with van der Waals surface area (Å²) < 4.78 is 26.9. The molecule has 0 aromatic heterocycles. The van der Waals surface area contributed by atoms with Gasteiger partial charge < -0.3 is 4.74 Å². The van der Waals surface area contributed by atoms with E-state index in [9.17, 15) is 13.2 Å². The molecule has 0 unspecified atom stereocenters. The third-order valence-electron chi connectivity index (χ3n) is 1.72. The lowest BCUT2D eigenvalue weighted by Crippen LogP contribution is -2.03. The summed E-state index contributed by atoms with van der Waals surface area (Å²) in [6, 6.07) is 4.54. The molecule has 88 valence electrons. The number of benzene rings is 1. The van der Waals surface area contributed by atoms with Crippen molar-refractivity contribution >= 4 is 41.6 Å². The Labute approximate surface area is 106 Å². The average molecular weight is 328 g/mol. The second-order valence-electron chi connectivity index (χ2n) is 3.02. The van der Waals surface area contributed by atoms with Gasteiger partial charge in [0.15, 0.2) is 0 Å². The van der Waals surface area contributed by atoms with Gasteiger partial charge in [-0.3, -0.25) is 0 Å². The van der Waals surface area contributed by atoms with Crippen LogP contribution in [0.15, 0.2) is 22.7 Å². The molecular weight excluding hydrogens is 320 g/mol. The van der Waals surface area contributed by atoms with Crippen molar-refractivity contribution in [3.63, 3.8) is 0 Å². The van der Waals surface area contributed by atoms with Gasteiger partial charge in [0, 0.05) is 15.2 Å². The van der Waals surface area contributed by atoms with Gasteiger partial charge in [-0.25, -0.2) is 13.2 Å². The third-order valence-corrected chi connectivity index (χ3v) is 3.18. The van der Waals surface area contributed by atoms with Crippen LogP contribution in [0.4, 0.5) is 0 Å². The van der Waals surface area contributed by atoms with Gasteiger partial charge in [0.2, 0.25) is 9.05 Å². The Morgan fingerprint density at radius 3 is 2.56 bits per heavy atom. The minimum absolute atomic E-state index is 0.271. The molecule has 0 atom stereocenters. The van der Waals surface area contributed by atoms with E-state index in [0.717, 1.165) is 0 Å². The summed E-state index contributed by atoms with van der Waals surface area (Å²) in [5.74, 6) is -0.868. The first-order valence-electron chi connectivity index (χ1n) is 4.12. The molecule has 0 spiro atoms. The molecule has 0 aliphatic carbocycles. The highest BCUT2D eigenvalue weighted by atomic mass is 79.9. The predicted molar refractivity (Wildman–Crippen MR) is 64.0 cm³/mol.